The zero-order valence-corrected chi connectivity index (χ0v) is 17.6. The number of hydrogen-bond acceptors (Lipinski definition) is 5. The fourth-order valence-electron chi connectivity index (χ4n) is 3.64. The van der Waals surface area contributed by atoms with Crippen LogP contribution >= 0.6 is 11.3 Å². The molecule has 0 aliphatic carbocycles. The second-order valence-electron chi connectivity index (χ2n) is 7.04. The number of amides is 2. The van der Waals surface area contributed by atoms with E-state index in [1.54, 1.807) is 12.1 Å². The third-order valence-electron chi connectivity index (χ3n) is 5.14. The molecular formula is C22H26N2O4S. The Morgan fingerprint density at radius 3 is 2.34 bits per heavy atom. The summed E-state index contributed by atoms with van der Waals surface area (Å²) in [7, 11) is 1.33. The average Bonchev–Trinajstić information content (AvgIpc) is 3.27. The van der Waals surface area contributed by atoms with Crippen molar-refractivity contribution in [2.45, 2.75) is 32.2 Å². The molecule has 2 heterocycles. The van der Waals surface area contributed by atoms with Gasteiger partial charge in [0.2, 0.25) is 0 Å². The normalized spacial score (nSPS) is 14.5. The molecule has 0 spiro atoms. The fraction of sp³-hybridized carbons (Fsp3) is 0.409. The highest BCUT2D eigenvalue weighted by Gasteiger charge is 2.30. The number of esters is 1. The highest BCUT2D eigenvalue weighted by molar-refractivity contribution is 7.15. The van der Waals surface area contributed by atoms with Crippen molar-refractivity contribution in [3.63, 3.8) is 0 Å². The highest BCUT2D eigenvalue weighted by Crippen LogP contribution is 2.24. The molecule has 29 heavy (non-hydrogen) atoms. The van der Waals surface area contributed by atoms with Gasteiger partial charge >= 0.3 is 5.97 Å². The van der Waals surface area contributed by atoms with Gasteiger partial charge in [-0.05, 0) is 43.5 Å². The number of nitrogens with zero attached hydrogens (tertiary/aromatic N) is 2. The molecule has 0 saturated carbocycles. The van der Waals surface area contributed by atoms with Gasteiger partial charge in [-0.1, -0.05) is 25.1 Å². The molecule has 1 aliphatic rings. The van der Waals surface area contributed by atoms with Crippen LogP contribution in [-0.2, 0) is 4.74 Å². The van der Waals surface area contributed by atoms with Gasteiger partial charge in [0.15, 0.2) is 0 Å². The van der Waals surface area contributed by atoms with Crippen molar-refractivity contribution in [1.29, 1.82) is 0 Å². The van der Waals surface area contributed by atoms with Crippen LogP contribution in [-0.4, -0.2) is 60.4 Å². The van der Waals surface area contributed by atoms with E-state index >= 15 is 0 Å². The van der Waals surface area contributed by atoms with Gasteiger partial charge in [0.1, 0.15) is 4.88 Å². The summed E-state index contributed by atoms with van der Waals surface area (Å²) >= 11 is 1.16. The first-order valence-corrected chi connectivity index (χ1v) is 10.7. The Bertz CT molecular complexity index is 857. The number of piperidine rings is 1. The van der Waals surface area contributed by atoms with E-state index in [0.29, 0.717) is 35.0 Å². The van der Waals surface area contributed by atoms with E-state index in [0.717, 1.165) is 30.6 Å². The monoisotopic (exact) mass is 414 g/mol. The molecular weight excluding hydrogens is 388 g/mol. The summed E-state index contributed by atoms with van der Waals surface area (Å²) in [5, 5.41) is 0. The average molecular weight is 415 g/mol. The van der Waals surface area contributed by atoms with E-state index in [1.165, 1.54) is 7.11 Å². The Morgan fingerprint density at radius 1 is 1.07 bits per heavy atom. The molecule has 1 aromatic heterocycles. The predicted molar refractivity (Wildman–Crippen MR) is 112 cm³/mol. The molecule has 1 saturated heterocycles. The van der Waals surface area contributed by atoms with Crippen LogP contribution in [0.3, 0.4) is 0 Å². The Kier molecular flexibility index (Phi) is 7.04. The number of methoxy groups -OCH3 is 1. The Hall–Kier alpha value is -2.67. The number of rotatable bonds is 6. The smallest absolute Gasteiger partial charge is 0.348 e. The Labute approximate surface area is 175 Å². The molecule has 0 radical (unpaired) electrons. The van der Waals surface area contributed by atoms with Crippen LogP contribution in [0.25, 0.3) is 0 Å². The molecule has 0 unspecified atom stereocenters. The van der Waals surface area contributed by atoms with Crippen molar-refractivity contribution in [3.8, 4) is 0 Å². The van der Waals surface area contributed by atoms with Crippen LogP contribution in [0, 0.1) is 0 Å². The first-order valence-electron chi connectivity index (χ1n) is 9.88. The van der Waals surface area contributed by atoms with Gasteiger partial charge in [0.05, 0.1) is 12.0 Å². The maximum Gasteiger partial charge on any atom is 0.348 e. The third kappa shape index (κ3) is 4.85. The Morgan fingerprint density at radius 2 is 1.72 bits per heavy atom. The van der Waals surface area contributed by atoms with Crippen molar-refractivity contribution >= 4 is 29.1 Å². The van der Waals surface area contributed by atoms with Crippen LogP contribution in [0.4, 0.5) is 0 Å². The standard InChI is InChI=1S/C22H26N2O4S/c1-3-13-24(21(26)18-9-10-19(29-18)22(27)28-2)17-11-14-23(15-12-17)20(25)16-7-5-4-6-8-16/h4-10,17H,3,11-15H2,1-2H3. The molecule has 1 aromatic carbocycles. The van der Waals surface area contributed by atoms with Gasteiger partial charge in [-0.2, -0.15) is 0 Å². The van der Waals surface area contributed by atoms with Crippen molar-refractivity contribution < 1.29 is 19.1 Å². The zero-order chi connectivity index (χ0) is 20.8. The molecule has 6 nitrogen and oxygen atoms in total. The number of carbonyl (C=O) groups excluding carboxylic acids is 3. The van der Waals surface area contributed by atoms with Crippen molar-refractivity contribution in [1.82, 2.24) is 9.80 Å². The molecule has 2 amide bonds. The third-order valence-corrected chi connectivity index (χ3v) is 6.20. The maximum absolute atomic E-state index is 13.1. The molecule has 7 heteroatoms. The second kappa shape index (κ2) is 9.69. The molecule has 1 fully saturated rings. The van der Waals surface area contributed by atoms with E-state index in [1.807, 2.05) is 47.1 Å². The molecule has 1 aliphatic heterocycles. The molecule has 0 bridgehead atoms. The lowest BCUT2D eigenvalue weighted by molar-refractivity contribution is 0.0521. The molecule has 0 atom stereocenters. The largest absolute Gasteiger partial charge is 0.465 e. The van der Waals surface area contributed by atoms with Gasteiger partial charge in [-0.15, -0.1) is 11.3 Å². The van der Waals surface area contributed by atoms with Crippen molar-refractivity contribution in [2.75, 3.05) is 26.7 Å². The van der Waals surface area contributed by atoms with Crippen LogP contribution < -0.4 is 0 Å². The van der Waals surface area contributed by atoms with E-state index in [4.69, 9.17) is 4.74 Å². The number of hydrogen-bond donors (Lipinski definition) is 0. The van der Waals surface area contributed by atoms with Crippen LogP contribution in [0.5, 0.6) is 0 Å². The van der Waals surface area contributed by atoms with Gasteiger partial charge < -0.3 is 14.5 Å². The topological polar surface area (TPSA) is 66.9 Å². The molecule has 154 valence electrons. The highest BCUT2D eigenvalue weighted by atomic mass is 32.1. The minimum atomic E-state index is -0.427. The van der Waals surface area contributed by atoms with E-state index < -0.39 is 5.97 Å². The maximum atomic E-state index is 13.1. The quantitative estimate of drug-likeness (QED) is 0.676. The lowest BCUT2D eigenvalue weighted by Gasteiger charge is -2.38. The SMILES string of the molecule is CCCN(C(=O)c1ccc(C(=O)OC)s1)C1CCN(C(=O)c2ccccc2)CC1. The van der Waals surface area contributed by atoms with Crippen LogP contribution in [0.15, 0.2) is 42.5 Å². The number of carbonyl (C=O) groups is 3. The Balaban J connectivity index is 1.66. The summed E-state index contributed by atoms with van der Waals surface area (Å²) in [6.45, 7) is 3.96. The minimum absolute atomic E-state index is 0.0402. The number of benzene rings is 1. The first kappa shape index (κ1) is 21.0. The number of thiophene rings is 1. The number of likely N-dealkylation sites (tertiary alicyclic amines) is 1. The summed E-state index contributed by atoms with van der Waals surface area (Å²) in [6.07, 6.45) is 2.35. The van der Waals surface area contributed by atoms with Gasteiger partial charge in [-0.3, -0.25) is 9.59 Å². The summed E-state index contributed by atoms with van der Waals surface area (Å²) in [6, 6.07) is 12.7. The zero-order valence-electron chi connectivity index (χ0n) is 16.8. The lowest BCUT2D eigenvalue weighted by Crippen LogP contribution is -2.49. The van der Waals surface area contributed by atoms with Crippen molar-refractivity contribution in [2.24, 2.45) is 0 Å². The summed E-state index contributed by atoms with van der Waals surface area (Å²) in [4.78, 5) is 42.2. The summed E-state index contributed by atoms with van der Waals surface area (Å²) < 4.78 is 4.73. The molecule has 3 rings (SSSR count). The fourth-order valence-corrected chi connectivity index (χ4v) is 4.52. The van der Waals surface area contributed by atoms with Gasteiger partial charge in [0.25, 0.3) is 11.8 Å². The van der Waals surface area contributed by atoms with Crippen LogP contribution in [0.1, 0.15) is 55.9 Å². The van der Waals surface area contributed by atoms with E-state index in [2.05, 4.69) is 0 Å². The minimum Gasteiger partial charge on any atom is -0.465 e. The van der Waals surface area contributed by atoms with Gasteiger partial charge in [-0.25, -0.2) is 4.79 Å². The van der Waals surface area contributed by atoms with E-state index in [9.17, 15) is 14.4 Å². The second-order valence-corrected chi connectivity index (χ2v) is 8.13. The first-order chi connectivity index (χ1) is 14.0. The lowest BCUT2D eigenvalue weighted by atomic mass is 10.0. The molecule has 2 aromatic rings. The predicted octanol–water partition coefficient (Wildman–Crippen LogP) is 3.69. The van der Waals surface area contributed by atoms with Crippen LogP contribution in [0.2, 0.25) is 0 Å². The van der Waals surface area contributed by atoms with Crippen molar-refractivity contribution in [3.05, 3.63) is 57.8 Å². The number of ether oxygens (including phenoxy) is 1. The summed E-state index contributed by atoms with van der Waals surface area (Å²) in [5.41, 5.74) is 0.696. The van der Waals surface area contributed by atoms with Gasteiger partial charge in [0, 0.05) is 31.2 Å². The molecule has 0 N–H and O–H groups in total. The van der Waals surface area contributed by atoms with E-state index in [-0.39, 0.29) is 17.9 Å². The summed E-state index contributed by atoms with van der Waals surface area (Å²) in [5.74, 6) is -0.443.